The number of rotatable bonds is 7. The molecule has 0 saturated heterocycles. The van der Waals surface area contributed by atoms with Gasteiger partial charge in [0.1, 0.15) is 22.7 Å². The van der Waals surface area contributed by atoms with Gasteiger partial charge in [-0.3, -0.25) is 0 Å². The van der Waals surface area contributed by atoms with Gasteiger partial charge in [-0.1, -0.05) is 12.1 Å². The third-order valence-electron chi connectivity index (χ3n) is 5.53. The number of sulfonamides is 1. The molecule has 33 heavy (non-hydrogen) atoms. The minimum atomic E-state index is -3.99. The molecule has 2 aromatic carbocycles. The monoisotopic (exact) mass is 582 g/mol. The SMILES string of the molecule is CC(C)Oc1ccc(S(=O)(=O)N2CC=C(c3cn(CC=O)c4cc(I)ccc34)CC2)c(F)c1. The smallest absolute Gasteiger partial charge is 0.246 e. The van der Waals surface area contributed by atoms with Crippen LogP contribution >= 0.6 is 22.6 Å². The van der Waals surface area contributed by atoms with Gasteiger partial charge in [0.2, 0.25) is 10.0 Å². The van der Waals surface area contributed by atoms with Gasteiger partial charge in [-0.25, -0.2) is 12.8 Å². The van der Waals surface area contributed by atoms with Crippen LogP contribution in [0, 0.1) is 9.39 Å². The predicted molar refractivity (Wildman–Crippen MR) is 134 cm³/mol. The van der Waals surface area contributed by atoms with Crippen LogP contribution in [0.4, 0.5) is 4.39 Å². The van der Waals surface area contributed by atoms with Crippen molar-refractivity contribution in [2.75, 3.05) is 13.1 Å². The summed E-state index contributed by atoms with van der Waals surface area (Å²) in [5.41, 5.74) is 2.96. The zero-order valence-corrected chi connectivity index (χ0v) is 21.3. The molecule has 3 aromatic rings. The summed E-state index contributed by atoms with van der Waals surface area (Å²) in [6.07, 6.45) is 5.02. The Labute approximate surface area is 206 Å². The standard InChI is InChI=1S/C24H24FIN2O4S/c1-16(2)32-19-4-6-24(22(25)14-19)33(30,31)28-9-7-17(8-10-28)21-15-27(11-12-29)23-13-18(26)3-5-20(21)23/h3-7,12-16H,8-11H2,1-2H3. The lowest BCUT2D eigenvalue weighted by Crippen LogP contribution is -2.35. The van der Waals surface area contributed by atoms with Gasteiger partial charge in [-0.2, -0.15) is 4.31 Å². The Bertz CT molecular complexity index is 1350. The molecule has 1 aliphatic heterocycles. The highest BCUT2D eigenvalue weighted by Crippen LogP contribution is 2.33. The van der Waals surface area contributed by atoms with E-state index in [2.05, 4.69) is 22.6 Å². The maximum atomic E-state index is 14.6. The molecule has 2 heterocycles. The molecule has 0 aliphatic carbocycles. The quantitative estimate of drug-likeness (QED) is 0.295. The molecule has 4 rings (SSSR count). The molecule has 1 aromatic heterocycles. The van der Waals surface area contributed by atoms with Gasteiger partial charge < -0.3 is 14.1 Å². The lowest BCUT2D eigenvalue weighted by molar-refractivity contribution is -0.108. The second kappa shape index (κ2) is 9.55. The third-order valence-corrected chi connectivity index (χ3v) is 8.10. The molecule has 0 atom stereocenters. The molecule has 0 saturated carbocycles. The van der Waals surface area contributed by atoms with Gasteiger partial charge in [0.15, 0.2) is 0 Å². The highest BCUT2D eigenvalue weighted by atomic mass is 127. The van der Waals surface area contributed by atoms with Gasteiger partial charge in [-0.05, 0) is 72.7 Å². The zero-order chi connectivity index (χ0) is 23.8. The Kier molecular flexibility index (Phi) is 6.92. The van der Waals surface area contributed by atoms with E-state index in [-0.39, 0.29) is 30.6 Å². The molecular formula is C24H24FIN2O4S. The second-order valence-corrected chi connectivity index (χ2v) is 11.3. The van der Waals surface area contributed by atoms with Crippen molar-refractivity contribution in [2.45, 2.75) is 37.8 Å². The number of aromatic nitrogens is 1. The first-order chi connectivity index (χ1) is 15.7. The van der Waals surface area contributed by atoms with E-state index in [9.17, 15) is 17.6 Å². The number of ether oxygens (including phenoxy) is 1. The number of hydrogen-bond donors (Lipinski definition) is 0. The summed E-state index contributed by atoms with van der Waals surface area (Å²) < 4.78 is 50.5. The number of nitrogens with zero attached hydrogens (tertiary/aromatic N) is 2. The summed E-state index contributed by atoms with van der Waals surface area (Å²) in [5.74, 6) is -0.530. The molecule has 1 aliphatic rings. The van der Waals surface area contributed by atoms with Crippen LogP contribution in [-0.4, -0.2) is 42.8 Å². The van der Waals surface area contributed by atoms with E-state index in [1.54, 1.807) is 0 Å². The third kappa shape index (κ3) is 4.85. The van der Waals surface area contributed by atoms with Crippen molar-refractivity contribution in [1.29, 1.82) is 0 Å². The van der Waals surface area contributed by atoms with Gasteiger partial charge in [0.25, 0.3) is 0 Å². The number of hydrogen-bond acceptors (Lipinski definition) is 4. The largest absolute Gasteiger partial charge is 0.491 e. The molecule has 9 heteroatoms. The van der Waals surface area contributed by atoms with E-state index >= 15 is 0 Å². The first kappa shape index (κ1) is 23.9. The van der Waals surface area contributed by atoms with Crippen LogP contribution in [0.15, 0.2) is 53.6 Å². The molecule has 174 valence electrons. The minimum Gasteiger partial charge on any atom is -0.491 e. The van der Waals surface area contributed by atoms with Crippen molar-refractivity contribution in [3.63, 3.8) is 0 Å². The molecule has 0 fully saturated rings. The Hall–Kier alpha value is -2.24. The zero-order valence-electron chi connectivity index (χ0n) is 18.3. The van der Waals surface area contributed by atoms with Gasteiger partial charge in [0.05, 0.1) is 18.2 Å². The van der Waals surface area contributed by atoms with E-state index < -0.39 is 15.8 Å². The van der Waals surface area contributed by atoms with E-state index in [0.717, 1.165) is 38.0 Å². The van der Waals surface area contributed by atoms with Crippen molar-refractivity contribution in [3.8, 4) is 5.75 Å². The van der Waals surface area contributed by atoms with Crippen molar-refractivity contribution in [3.05, 3.63) is 63.6 Å². The number of benzene rings is 2. The fraction of sp³-hybridized carbons (Fsp3) is 0.292. The number of carbonyl (C=O) groups is 1. The van der Waals surface area contributed by atoms with E-state index in [1.807, 2.05) is 48.9 Å². The molecular weight excluding hydrogens is 558 g/mol. The van der Waals surface area contributed by atoms with Crippen LogP contribution in [0.1, 0.15) is 25.8 Å². The molecule has 0 unspecified atom stereocenters. The van der Waals surface area contributed by atoms with Crippen LogP contribution in [0.3, 0.4) is 0 Å². The van der Waals surface area contributed by atoms with Crippen molar-refractivity contribution < 1.29 is 22.3 Å². The maximum Gasteiger partial charge on any atom is 0.246 e. The first-order valence-corrected chi connectivity index (χ1v) is 13.1. The predicted octanol–water partition coefficient (Wildman–Crippen LogP) is 4.85. The van der Waals surface area contributed by atoms with Gasteiger partial charge in [-0.15, -0.1) is 0 Å². The Morgan fingerprint density at radius 1 is 1.21 bits per heavy atom. The lowest BCUT2D eigenvalue weighted by atomic mass is 10.00. The van der Waals surface area contributed by atoms with Crippen LogP contribution in [0.25, 0.3) is 16.5 Å². The van der Waals surface area contributed by atoms with Crippen LogP contribution in [-0.2, 0) is 21.4 Å². The Morgan fingerprint density at radius 2 is 2.00 bits per heavy atom. The van der Waals surface area contributed by atoms with Gasteiger partial charge >= 0.3 is 0 Å². The summed E-state index contributed by atoms with van der Waals surface area (Å²) >= 11 is 2.24. The first-order valence-electron chi connectivity index (χ1n) is 10.6. The Morgan fingerprint density at radius 3 is 2.64 bits per heavy atom. The molecule has 0 amide bonds. The van der Waals surface area contributed by atoms with Crippen molar-refractivity contribution >= 4 is 55.4 Å². The maximum absolute atomic E-state index is 14.6. The average molecular weight is 582 g/mol. The molecule has 0 N–H and O–H groups in total. The minimum absolute atomic E-state index is 0.140. The van der Waals surface area contributed by atoms with Gasteiger partial charge in [0, 0.05) is 39.9 Å². The highest BCUT2D eigenvalue weighted by molar-refractivity contribution is 14.1. The summed E-state index contributed by atoms with van der Waals surface area (Å²) in [7, 11) is -3.99. The average Bonchev–Trinajstić information content (AvgIpc) is 3.11. The lowest BCUT2D eigenvalue weighted by Gasteiger charge is -2.26. The number of halogens is 2. The number of aldehydes is 1. The topological polar surface area (TPSA) is 68.6 Å². The summed E-state index contributed by atoms with van der Waals surface area (Å²) in [5, 5.41) is 1.02. The van der Waals surface area contributed by atoms with Crippen LogP contribution < -0.4 is 4.74 Å². The second-order valence-electron chi connectivity index (χ2n) is 8.12. The number of carbonyl (C=O) groups excluding carboxylic acids is 1. The molecule has 0 spiro atoms. The molecule has 0 radical (unpaired) electrons. The molecule has 6 nitrogen and oxygen atoms in total. The molecule has 0 bridgehead atoms. The fourth-order valence-corrected chi connectivity index (χ4v) is 5.94. The summed E-state index contributed by atoms with van der Waals surface area (Å²) in [6, 6.07) is 9.90. The highest BCUT2D eigenvalue weighted by Gasteiger charge is 2.30. The van der Waals surface area contributed by atoms with Crippen LogP contribution in [0.2, 0.25) is 0 Å². The van der Waals surface area contributed by atoms with E-state index in [0.29, 0.717) is 12.2 Å². The van der Waals surface area contributed by atoms with E-state index in [1.165, 1.54) is 16.4 Å². The summed E-state index contributed by atoms with van der Waals surface area (Å²) in [4.78, 5) is 10.8. The fourth-order valence-electron chi connectivity index (χ4n) is 4.04. The number of fused-ring (bicyclic) bond motifs is 1. The summed E-state index contributed by atoms with van der Waals surface area (Å²) in [6.45, 7) is 4.27. The van der Waals surface area contributed by atoms with Crippen molar-refractivity contribution in [1.82, 2.24) is 8.87 Å². The van der Waals surface area contributed by atoms with E-state index in [4.69, 9.17) is 4.74 Å². The Balaban J connectivity index is 1.61. The normalized spacial score (nSPS) is 15.1. The van der Waals surface area contributed by atoms with Crippen molar-refractivity contribution in [2.24, 2.45) is 0 Å². The van der Waals surface area contributed by atoms with Crippen LogP contribution in [0.5, 0.6) is 5.75 Å².